The number of benzene rings is 2. The summed E-state index contributed by atoms with van der Waals surface area (Å²) >= 11 is 0. The lowest BCUT2D eigenvalue weighted by Gasteiger charge is -2.22. The molecule has 0 aromatic heterocycles. The highest BCUT2D eigenvalue weighted by Crippen LogP contribution is 2.22. The number of hydrogen-bond acceptors (Lipinski definition) is 6. The number of rotatable bonds is 12. The van der Waals surface area contributed by atoms with Crippen molar-refractivity contribution < 1.29 is 28.5 Å². The third-order valence-electron chi connectivity index (χ3n) is 4.82. The van der Waals surface area contributed by atoms with Crippen LogP contribution in [0.1, 0.15) is 29.8 Å². The quantitative estimate of drug-likeness (QED) is 0.489. The van der Waals surface area contributed by atoms with Gasteiger partial charge >= 0.3 is 0 Å². The molecule has 0 aliphatic carbocycles. The molecule has 0 saturated heterocycles. The number of amides is 2. The van der Waals surface area contributed by atoms with Crippen molar-refractivity contribution in [3.05, 3.63) is 53.6 Å². The van der Waals surface area contributed by atoms with Gasteiger partial charge < -0.3 is 29.6 Å². The van der Waals surface area contributed by atoms with E-state index in [-0.39, 0.29) is 17.7 Å². The van der Waals surface area contributed by atoms with E-state index in [1.807, 2.05) is 38.1 Å². The monoisotopic (exact) mass is 444 g/mol. The van der Waals surface area contributed by atoms with Gasteiger partial charge in [-0.2, -0.15) is 0 Å². The molecule has 2 rings (SSSR count). The molecular formula is C24H32N2O6. The zero-order chi connectivity index (χ0) is 23.5. The average Bonchev–Trinajstić information content (AvgIpc) is 2.81. The largest absolute Gasteiger partial charge is 0.497 e. The van der Waals surface area contributed by atoms with E-state index < -0.39 is 6.04 Å². The minimum Gasteiger partial charge on any atom is -0.497 e. The lowest BCUT2D eigenvalue weighted by molar-refractivity contribution is -0.124. The number of carbonyl (C=O) groups excluding carboxylic acids is 2. The zero-order valence-electron chi connectivity index (χ0n) is 19.3. The van der Waals surface area contributed by atoms with Crippen molar-refractivity contribution in [3.8, 4) is 17.2 Å². The molecule has 0 unspecified atom stereocenters. The molecule has 2 amide bonds. The van der Waals surface area contributed by atoms with E-state index in [0.29, 0.717) is 36.8 Å². The molecule has 0 radical (unpaired) electrons. The van der Waals surface area contributed by atoms with Crippen LogP contribution in [0.3, 0.4) is 0 Å². The van der Waals surface area contributed by atoms with Gasteiger partial charge in [0.2, 0.25) is 5.91 Å². The summed E-state index contributed by atoms with van der Waals surface area (Å²) in [5.41, 5.74) is 1.36. The van der Waals surface area contributed by atoms with E-state index in [9.17, 15) is 9.59 Å². The van der Waals surface area contributed by atoms with Gasteiger partial charge in [0.15, 0.2) is 0 Å². The molecule has 0 saturated carbocycles. The maximum absolute atomic E-state index is 12.7. The van der Waals surface area contributed by atoms with E-state index >= 15 is 0 Å². The number of ether oxygens (including phenoxy) is 4. The van der Waals surface area contributed by atoms with Gasteiger partial charge in [0.1, 0.15) is 23.3 Å². The molecule has 174 valence electrons. The summed E-state index contributed by atoms with van der Waals surface area (Å²) in [6.07, 6.45) is 0. The Balaban J connectivity index is 1.85. The van der Waals surface area contributed by atoms with Gasteiger partial charge in [-0.3, -0.25) is 9.59 Å². The van der Waals surface area contributed by atoms with E-state index in [0.717, 1.165) is 11.3 Å². The molecule has 2 N–H and O–H groups in total. The smallest absolute Gasteiger partial charge is 0.252 e. The molecule has 0 spiro atoms. The number of methoxy groups -OCH3 is 3. The summed E-state index contributed by atoms with van der Waals surface area (Å²) in [5, 5.41) is 5.62. The van der Waals surface area contributed by atoms with Crippen LogP contribution in [0.2, 0.25) is 0 Å². The Bertz CT molecular complexity index is 860. The van der Waals surface area contributed by atoms with E-state index in [4.69, 9.17) is 18.9 Å². The van der Waals surface area contributed by atoms with Gasteiger partial charge in [-0.1, -0.05) is 26.0 Å². The summed E-state index contributed by atoms with van der Waals surface area (Å²) in [7, 11) is 4.64. The van der Waals surface area contributed by atoms with Crippen molar-refractivity contribution in [2.45, 2.75) is 26.5 Å². The average molecular weight is 445 g/mol. The Morgan fingerprint density at radius 2 is 1.47 bits per heavy atom. The minimum atomic E-state index is -0.693. The molecule has 0 bridgehead atoms. The second kappa shape index (κ2) is 12.6. The van der Waals surface area contributed by atoms with Crippen LogP contribution in [0.25, 0.3) is 0 Å². The number of nitrogens with one attached hydrogen (secondary N) is 2. The highest BCUT2D eigenvalue weighted by molar-refractivity contribution is 5.98. The lowest BCUT2D eigenvalue weighted by atomic mass is 10.0. The van der Waals surface area contributed by atoms with Gasteiger partial charge in [-0.15, -0.1) is 0 Å². The summed E-state index contributed by atoms with van der Waals surface area (Å²) in [6, 6.07) is 11.8. The first-order chi connectivity index (χ1) is 15.4. The molecule has 8 heteroatoms. The standard InChI is InChI=1S/C24H32N2O6/c1-16(2)22(26-23(27)18-12-20(30-4)14-21(13-18)31-5)24(28)25-10-11-32-15-17-6-8-19(29-3)9-7-17/h6-9,12-14,16,22H,10-11,15H2,1-5H3,(H,25,28)(H,26,27)/t22-/m0/s1. The second-order valence-corrected chi connectivity index (χ2v) is 7.49. The van der Waals surface area contributed by atoms with Crippen LogP contribution in [-0.2, 0) is 16.1 Å². The van der Waals surface area contributed by atoms with Crippen molar-refractivity contribution in [1.82, 2.24) is 10.6 Å². The van der Waals surface area contributed by atoms with Gasteiger partial charge in [0.05, 0.1) is 34.5 Å². The summed E-state index contributed by atoms with van der Waals surface area (Å²) in [5.74, 6) is 1.02. The van der Waals surface area contributed by atoms with Crippen LogP contribution in [-0.4, -0.2) is 52.3 Å². The van der Waals surface area contributed by atoms with E-state index in [1.54, 1.807) is 25.3 Å². The van der Waals surface area contributed by atoms with Crippen molar-refractivity contribution in [1.29, 1.82) is 0 Å². The molecule has 2 aromatic carbocycles. The third kappa shape index (κ3) is 7.46. The van der Waals surface area contributed by atoms with Crippen LogP contribution in [0.5, 0.6) is 17.2 Å². The first-order valence-corrected chi connectivity index (χ1v) is 10.4. The van der Waals surface area contributed by atoms with E-state index in [1.165, 1.54) is 14.2 Å². The first kappa shape index (κ1) is 25.0. The van der Waals surface area contributed by atoms with Gasteiger partial charge in [0.25, 0.3) is 5.91 Å². The lowest BCUT2D eigenvalue weighted by Crippen LogP contribution is -2.50. The van der Waals surface area contributed by atoms with Crippen LogP contribution in [0.4, 0.5) is 0 Å². The molecule has 0 heterocycles. The molecule has 0 aliphatic heterocycles. The predicted octanol–water partition coefficient (Wildman–Crippen LogP) is 2.80. The SMILES string of the molecule is COc1ccc(COCCNC(=O)[C@@H](NC(=O)c2cc(OC)cc(OC)c2)C(C)C)cc1. The van der Waals surface area contributed by atoms with Crippen molar-refractivity contribution in [2.75, 3.05) is 34.5 Å². The Hall–Kier alpha value is -3.26. The minimum absolute atomic E-state index is 0.105. The number of carbonyl (C=O) groups is 2. The zero-order valence-corrected chi connectivity index (χ0v) is 19.3. The summed E-state index contributed by atoms with van der Waals surface area (Å²) < 4.78 is 21.2. The molecule has 2 aromatic rings. The van der Waals surface area contributed by atoms with Crippen molar-refractivity contribution in [2.24, 2.45) is 5.92 Å². The maximum Gasteiger partial charge on any atom is 0.252 e. The molecule has 32 heavy (non-hydrogen) atoms. The van der Waals surface area contributed by atoms with Crippen LogP contribution in [0.15, 0.2) is 42.5 Å². The molecular weight excluding hydrogens is 412 g/mol. The Morgan fingerprint density at radius 1 is 0.875 bits per heavy atom. The third-order valence-corrected chi connectivity index (χ3v) is 4.82. The Morgan fingerprint density at radius 3 is 2.00 bits per heavy atom. The number of hydrogen-bond donors (Lipinski definition) is 2. The highest BCUT2D eigenvalue weighted by atomic mass is 16.5. The fourth-order valence-electron chi connectivity index (χ4n) is 2.97. The fraction of sp³-hybridized carbons (Fsp3) is 0.417. The van der Waals surface area contributed by atoms with Crippen LogP contribution < -0.4 is 24.8 Å². The molecule has 8 nitrogen and oxygen atoms in total. The van der Waals surface area contributed by atoms with Crippen LogP contribution >= 0.6 is 0 Å². The van der Waals surface area contributed by atoms with Crippen molar-refractivity contribution >= 4 is 11.8 Å². The molecule has 1 atom stereocenters. The Labute approximate surface area is 189 Å². The highest BCUT2D eigenvalue weighted by Gasteiger charge is 2.25. The topological polar surface area (TPSA) is 95.1 Å². The van der Waals surface area contributed by atoms with Crippen LogP contribution in [0, 0.1) is 5.92 Å². The van der Waals surface area contributed by atoms with Gasteiger partial charge in [-0.25, -0.2) is 0 Å². The summed E-state index contributed by atoms with van der Waals surface area (Å²) in [6.45, 7) is 4.86. The second-order valence-electron chi connectivity index (χ2n) is 7.49. The maximum atomic E-state index is 12.7. The van der Waals surface area contributed by atoms with Gasteiger partial charge in [0, 0.05) is 18.2 Å². The first-order valence-electron chi connectivity index (χ1n) is 10.4. The normalized spacial score (nSPS) is 11.6. The van der Waals surface area contributed by atoms with Gasteiger partial charge in [-0.05, 0) is 35.7 Å². The fourth-order valence-corrected chi connectivity index (χ4v) is 2.97. The Kier molecular flexibility index (Phi) is 9.81. The van der Waals surface area contributed by atoms with E-state index in [2.05, 4.69) is 10.6 Å². The predicted molar refractivity (Wildman–Crippen MR) is 121 cm³/mol. The molecule has 0 fully saturated rings. The summed E-state index contributed by atoms with van der Waals surface area (Å²) in [4.78, 5) is 25.4. The van der Waals surface area contributed by atoms with Crippen molar-refractivity contribution in [3.63, 3.8) is 0 Å². The molecule has 0 aliphatic rings.